The highest BCUT2D eigenvalue weighted by Gasteiger charge is 2.03. The van der Waals surface area contributed by atoms with E-state index in [-0.39, 0.29) is 29.9 Å². The molecule has 4 N–H and O–H groups in total. The number of hydrogen-bond donors (Lipinski definition) is 2. The molecule has 0 saturated carbocycles. The summed E-state index contributed by atoms with van der Waals surface area (Å²) in [4.78, 5) is 4.04. The molecule has 0 aliphatic heterocycles. The molecule has 0 heterocycles. The fourth-order valence-electron chi connectivity index (χ4n) is 1.75. The van der Waals surface area contributed by atoms with Gasteiger partial charge < -0.3 is 11.5 Å². The fourth-order valence-corrected chi connectivity index (χ4v) is 1.87. The summed E-state index contributed by atoms with van der Waals surface area (Å²) in [5.74, 6) is 0.0981. The molecule has 5 heteroatoms. The first-order valence-corrected chi connectivity index (χ1v) is 5.94. The van der Waals surface area contributed by atoms with Crippen molar-refractivity contribution in [3.63, 3.8) is 0 Å². The second-order valence-electron chi connectivity index (χ2n) is 3.91. The van der Waals surface area contributed by atoms with Crippen LogP contribution in [-0.4, -0.2) is 5.96 Å². The van der Waals surface area contributed by atoms with Gasteiger partial charge in [-0.1, -0.05) is 48.0 Å². The van der Waals surface area contributed by atoms with Crippen LogP contribution in [0.2, 0.25) is 5.02 Å². The molecule has 3 nitrogen and oxygen atoms in total. The number of halogens is 2. The molecule has 0 radical (unpaired) electrons. The van der Waals surface area contributed by atoms with Gasteiger partial charge in [0.2, 0.25) is 0 Å². The monoisotopic (exact) mass is 387 g/mol. The topological polar surface area (TPSA) is 64.4 Å². The number of hydrogen-bond acceptors (Lipinski definition) is 1. The van der Waals surface area contributed by atoms with Crippen molar-refractivity contribution < 1.29 is 0 Å². The molecule has 0 aromatic heterocycles. The highest BCUT2D eigenvalue weighted by Crippen LogP contribution is 2.25. The van der Waals surface area contributed by atoms with E-state index in [1.54, 1.807) is 0 Å². The summed E-state index contributed by atoms with van der Waals surface area (Å²) in [6.45, 7) is 0.473. The molecule has 2 aromatic rings. The minimum atomic E-state index is 0. The molecule has 100 valence electrons. The van der Waals surface area contributed by atoms with Crippen LogP contribution in [0, 0.1) is 0 Å². The first kappa shape index (κ1) is 15.8. The Morgan fingerprint density at radius 2 is 1.63 bits per heavy atom. The lowest BCUT2D eigenvalue weighted by atomic mass is 10.00. The van der Waals surface area contributed by atoms with Crippen LogP contribution in [0.15, 0.2) is 53.5 Å². The van der Waals surface area contributed by atoms with Crippen LogP contribution in [0.3, 0.4) is 0 Å². The van der Waals surface area contributed by atoms with Crippen molar-refractivity contribution in [2.24, 2.45) is 16.5 Å². The average molecular weight is 388 g/mol. The van der Waals surface area contributed by atoms with E-state index >= 15 is 0 Å². The Labute approximate surface area is 134 Å². The summed E-state index contributed by atoms with van der Waals surface area (Å²) in [5.41, 5.74) is 14.0. The fraction of sp³-hybridized carbons (Fsp3) is 0.0714. The quantitative estimate of drug-likeness (QED) is 0.482. The number of rotatable bonds is 3. The molecule has 0 fully saturated rings. The van der Waals surface area contributed by atoms with E-state index in [4.69, 9.17) is 23.1 Å². The Hall–Kier alpha value is -1.27. The molecule has 2 rings (SSSR count). The van der Waals surface area contributed by atoms with Crippen LogP contribution >= 0.6 is 35.6 Å². The smallest absolute Gasteiger partial charge is 0.186 e. The van der Waals surface area contributed by atoms with E-state index in [2.05, 4.69) is 4.99 Å². The van der Waals surface area contributed by atoms with Crippen LogP contribution in [0.25, 0.3) is 11.1 Å². The molecule has 0 saturated heterocycles. The van der Waals surface area contributed by atoms with Crippen LogP contribution in [0.1, 0.15) is 5.56 Å². The molecule has 0 bridgehead atoms. The third kappa shape index (κ3) is 4.40. The summed E-state index contributed by atoms with van der Waals surface area (Å²) < 4.78 is 0. The molecule has 0 aliphatic carbocycles. The van der Waals surface area contributed by atoms with Crippen molar-refractivity contribution in [1.82, 2.24) is 0 Å². The maximum absolute atomic E-state index is 5.89. The van der Waals surface area contributed by atoms with Gasteiger partial charge in [0.15, 0.2) is 5.96 Å². The Morgan fingerprint density at radius 1 is 1.00 bits per heavy atom. The van der Waals surface area contributed by atoms with Crippen molar-refractivity contribution >= 4 is 41.5 Å². The first-order valence-electron chi connectivity index (χ1n) is 5.56. The highest BCUT2D eigenvalue weighted by molar-refractivity contribution is 14.0. The minimum Gasteiger partial charge on any atom is -0.370 e. The Kier molecular flexibility index (Phi) is 6.11. The highest BCUT2D eigenvalue weighted by atomic mass is 127. The molecular formula is C14H15ClIN3. The summed E-state index contributed by atoms with van der Waals surface area (Å²) in [7, 11) is 0. The molecule has 0 spiro atoms. The van der Waals surface area contributed by atoms with E-state index < -0.39 is 0 Å². The van der Waals surface area contributed by atoms with Gasteiger partial charge in [-0.25, -0.2) is 4.99 Å². The third-order valence-corrected chi connectivity index (χ3v) is 2.86. The summed E-state index contributed by atoms with van der Waals surface area (Å²) in [6, 6.07) is 15.7. The summed E-state index contributed by atoms with van der Waals surface area (Å²) in [5, 5.41) is 0.723. The van der Waals surface area contributed by atoms with Crippen molar-refractivity contribution in [1.29, 1.82) is 0 Å². The number of nitrogens with zero attached hydrogens (tertiary/aromatic N) is 1. The Balaban J connectivity index is 0.00000180. The maximum atomic E-state index is 5.89. The normalized spacial score (nSPS) is 9.53. The van der Waals surface area contributed by atoms with Gasteiger partial charge >= 0.3 is 0 Å². The van der Waals surface area contributed by atoms with Gasteiger partial charge in [0.05, 0.1) is 6.54 Å². The molecule has 0 unspecified atom stereocenters. The van der Waals surface area contributed by atoms with E-state index in [1.807, 2.05) is 48.5 Å². The minimum absolute atomic E-state index is 0. The van der Waals surface area contributed by atoms with Gasteiger partial charge in [-0.15, -0.1) is 24.0 Å². The molecule has 0 atom stereocenters. The zero-order valence-corrected chi connectivity index (χ0v) is 13.3. The number of guanidine groups is 1. The van der Waals surface area contributed by atoms with Gasteiger partial charge in [0.1, 0.15) is 0 Å². The predicted molar refractivity (Wildman–Crippen MR) is 91.8 cm³/mol. The lowest BCUT2D eigenvalue weighted by molar-refractivity contribution is 1.06. The Morgan fingerprint density at radius 3 is 2.26 bits per heavy atom. The number of benzene rings is 2. The second kappa shape index (κ2) is 7.35. The van der Waals surface area contributed by atoms with Gasteiger partial charge in [0.25, 0.3) is 0 Å². The van der Waals surface area contributed by atoms with Crippen LogP contribution in [0.5, 0.6) is 0 Å². The molecular weight excluding hydrogens is 373 g/mol. The van der Waals surface area contributed by atoms with Crippen molar-refractivity contribution in [2.45, 2.75) is 6.54 Å². The van der Waals surface area contributed by atoms with Crippen molar-refractivity contribution in [3.8, 4) is 11.1 Å². The second-order valence-corrected chi connectivity index (χ2v) is 4.34. The van der Waals surface area contributed by atoms with E-state index in [9.17, 15) is 0 Å². The lowest BCUT2D eigenvalue weighted by Gasteiger charge is -2.08. The Bertz CT molecular complexity index is 563. The zero-order valence-electron chi connectivity index (χ0n) is 10.2. The predicted octanol–water partition coefficient (Wildman–Crippen LogP) is 3.40. The van der Waals surface area contributed by atoms with Gasteiger partial charge in [-0.3, -0.25) is 0 Å². The van der Waals surface area contributed by atoms with Crippen LogP contribution in [-0.2, 0) is 6.54 Å². The third-order valence-electron chi connectivity index (χ3n) is 2.60. The first-order chi connectivity index (χ1) is 8.66. The van der Waals surface area contributed by atoms with Gasteiger partial charge in [-0.05, 0) is 28.8 Å². The van der Waals surface area contributed by atoms with Gasteiger partial charge in [-0.2, -0.15) is 0 Å². The largest absolute Gasteiger partial charge is 0.370 e. The van der Waals surface area contributed by atoms with Crippen LogP contribution < -0.4 is 11.5 Å². The average Bonchev–Trinajstić information content (AvgIpc) is 2.38. The van der Waals surface area contributed by atoms with Crippen molar-refractivity contribution in [2.75, 3.05) is 0 Å². The molecule has 2 aromatic carbocycles. The lowest BCUT2D eigenvalue weighted by Crippen LogP contribution is -2.22. The SMILES string of the molecule is I.NC(N)=NCc1ccccc1-c1ccc(Cl)cc1. The maximum Gasteiger partial charge on any atom is 0.186 e. The molecule has 0 amide bonds. The van der Waals surface area contributed by atoms with E-state index in [1.165, 1.54) is 0 Å². The molecule has 0 aliphatic rings. The molecule has 19 heavy (non-hydrogen) atoms. The number of nitrogens with two attached hydrogens (primary N) is 2. The van der Waals surface area contributed by atoms with Crippen molar-refractivity contribution in [3.05, 3.63) is 59.1 Å². The van der Waals surface area contributed by atoms with E-state index in [0.29, 0.717) is 6.54 Å². The standard InChI is InChI=1S/C14H14ClN3.HI/c15-12-7-5-10(6-8-12)13-4-2-1-3-11(13)9-18-14(16)17;/h1-8H,9H2,(H4,16,17,18);1H. The summed E-state index contributed by atoms with van der Waals surface area (Å²) >= 11 is 5.89. The van der Waals surface area contributed by atoms with Gasteiger partial charge in [0, 0.05) is 5.02 Å². The van der Waals surface area contributed by atoms with Crippen LogP contribution in [0.4, 0.5) is 0 Å². The van der Waals surface area contributed by atoms with E-state index in [0.717, 1.165) is 21.7 Å². The zero-order chi connectivity index (χ0) is 13.0. The summed E-state index contributed by atoms with van der Waals surface area (Å²) in [6.07, 6.45) is 0. The number of aliphatic imine (C=N–C) groups is 1.